The van der Waals surface area contributed by atoms with Gasteiger partial charge in [0.25, 0.3) is 5.56 Å². The van der Waals surface area contributed by atoms with Gasteiger partial charge >= 0.3 is 5.97 Å². The first-order valence-electron chi connectivity index (χ1n) is 8.62. The van der Waals surface area contributed by atoms with Crippen molar-refractivity contribution < 1.29 is 14.3 Å². The van der Waals surface area contributed by atoms with Gasteiger partial charge in [0.15, 0.2) is 10.3 Å². The number of hydrogen-bond donors (Lipinski definition) is 1. The molecule has 0 fully saturated rings. The smallest absolute Gasteiger partial charge is 0.345 e. The van der Waals surface area contributed by atoms with E-state index in [1.165, 1.54) is 38.7 Å². The van der Waals surface area contributed by atoms with Crippen molar-refractivity contribution in [3.63, 3.8) is 0 Å². The molecule has 2 aromatic rings. The van der Waals surface area contributed by atoms with Gasteiger partial charge in [-0.25, -0.2) is 14.8 Å². The van der Waals surface area contributed by atoms with E-state index in [4.69, 9.17) is 4.74 Å². The molecule has 144 valence electrons. The zero-order valence-corrected chi connectivity index (χ0v) is 16.7. The summed E-state index contributed by atoms with van der Waals surface area (Å²) in [6.07, 6.45) is 7.11. The van der Waals surface area contributed by atoms with Crippen LogP contribution in [0.15, 0.2) is 16.1 Å². The number of ether oxygens (including phenoxy) is 1. The van der Waals surface area contributed by atoms with Gasteiger partial charge < -0.3 is 10.1 Å². The second kappa shape index (κ2) is 8.66. The van der Waals surface area contributed by atoms with Crippen LogP contribution >= 0.6 is 23.1 Å². The number of anilines is 1. The molecule has 1 aliphatic carbocycles. The Morgan fingerprint density at radius 1 is 1.37 bits per heavy atom. The standard InChI is InChI=1S/C17H20N4O4S2/c1-3-25-15(24)10-8-18-17(26-2)21(14(10)23)9-13(22)20-16-19-11-6-4-5-7-12(11)27-16/h8H,3-7,9H2,1-2H3,(H,19,20,22). The lowest BCUT2D eigenvalue weighted by Gasteiger charge is -2.11. The van der Waals surface area contributed by atoms with E-state index < -0.39 is 11.5 Å². The molecule has 2 heterocycles. The number of thioether (sulfide) groups is 1. The molecule has 8 nitrogen and oxygen atoms in total. The Bertz CT molecular complexity index is 899. The summed E-state index contributed by atoms with van der Waals surface area (Å²) in [5, 5.41) is 3.65. The number of esters is 1. The van der Waals surface area contributed by atoms with E-state index in [1.54, 1.807) is 13.2 Å². The third kappa shape index (κ3) is 4.38. The summed E-state index contributed by atoms with van der Waals surface area (Å²) < 4.78 is 6.06. The van der Waals surface area contributed by atoms with Gasteiger partial charge in [0.05, 0.1) is 18.5 Å². The average molecular weight is 409 g/mol. The number of carbonyl (C=O) groups excluding carboxylic acids is 2. The second-order valence-electron chi connectivity index (χ2n) is 5.91. The van der Waals surface area contributed by atoms with Gasteiger partial charge in [0, 0.05) is 4.88 Å². The highest BCUT2D eigenvalue weighted by Gasteiger charge is 2.20. The van der Waals surface area contributed by atoms with Crippen LogP contribution in [0.2, 0.25) is 0 Å². The minimum absolute atomic E-state index is 0.151. The van der Waals surface area contributed by atoms with E-state index in [-0.39, 0.29) is 24.6 Å². The predicted molar refractivity (Wildman–Crippen MR) is 104 cm³/mol. The molecule has 0 aromatic carbocycles. The molecule has 1 N–H and O–H groups in total. The van der Waals surface area contributed by atoms with Crippen LogP contribution in [0.5, 0.6) is 0 Å². The van der Waals surface area contributed by atoms with Gasteiger partial charge in [0.1, 0.15) is 12.1 Å². The molecule has 10 heteroatoms. The fourth-order valence-electron chi connectivity index (χ4n) is 2.84. The monoisotopic (exact) mass is 408 g/mol. The zero-order chi connectivity index (χ0) is 19.4. The Balaban J connectivity index is 1.80. The largest absolute Gasteiger partial charge is 0.462 e. The molecule has 0 radical (unpaired) electrons. The SMILES string of the molecule is CCOC(=O)c1cnc(SC)n(CC(=O)Nc2nc3c(s2)CCCC3)c1=O. The number of hydrogen-bond acceptors (Lipinski definition) is 8. The highest BCUT2D eigenvalue weighted by Crippen LogP contribution is 2.29. The van der Waals surface area contributed by atoms with Gasteiger partial charge in [-0.3, -0.25) is 14.2 Å². The number of carbonyl (C=O) groups is 2. The van der Waals surface area contributed by atoms with Crippen molar-refractivity contribution in [1.82, 2.24) is 14.5 Å². The maximum Gasteiger partial charge on any atom is 0.345 e. The third-order valence-corrected chi connectivity index (χ3v) is 5.85. The number of rotatable bonds is 6. The van der Waals surface area contributed by atoms with Crippen LogP contribution in [-0.4, -0.2) is 39.3 Å². The van der Waals surface area contributed by atoms with Crippen molar-refractivity contribution in [3.05, 3.63) is 32.7 Å². The van der Waals surface area contributed by atoms with Crippen molar-refractivity contribution in [2.45, 2.75) is 44.3 Å². The van der Waals surface area contributed by atoms with Crippen LogP contribution in [0, 0.1) is 0 Å². The van der Waals surface area contributed by atoms with Gasteiger partial charge in [-0.1, -0.05) is 11.8 Å². The van der Waals surface area contributed by atoms with Crippen LogP contribution in [0.25, 0.3) is 0 Å². The average Bonchev–Trinajstić information content (AvgIpc) is 3.05. The molecule has 0 unspecified atom stereocenters. The molecule has 0 atom stereocenters. The molecule has 3 rings (SSSR count). The third-order valence-electron chi connectivity index (χ3n) is 4.08. The van der Waals surface area contributed by atoms with E-state index in [1.807, 2.05) is 0 Å². The molecular formula is C17H20N4O4S2. The van der Waals surface area contributed by atoms with Crippen molar-refractivity contribution >= 4 is 40.1 Å². The zero-order valence-electron chi connectivity index (χ0n) is 15.1. The van der Waals surface area contributed by atoms with Gasteiger partial charge in [-0.2, -0.15) is 0 Å². The Morgan fingerprint density at radius 2 is 2.15 bits per heavy atom. The van der Waals surface area contributed by atoms with Crippen molar-refractivity contribution in [2.75, 3.05) is 18.2 Å². The molecule has 1 amide bonds. The van der Waals surface area contributed by atoms with Gasteiger partial charge in [-0.05, 0) is 38.9 Å². The molecule has 0 spiro atoms. The maximum absolute atomic E-state index is 12.6. The first-order valence-corrected chi connectivity index (χ1v) is 10.7. The van der Waals surface area contributed by atoms with Crippen LogP contribution in [0.3, 0.4) is 0 Å². The van der Waals surface area contributed by atoms with E-state index in [9.17, 15) is 14.4 Å². The van der Waals surface area contributed by atoms with E-state index in [0.29, 0.717) is 10.3 Å². The molecule has 0 saturated carbocycles. The first kappa shape index (κ1) is 19.6. The normalized spacial score (nSPS) is 13.1. The minimum Gasteiger partial charge on any atom is -0.462 e. The summed E-state index contributed by atoms with van der Waals surface area (Å²) in [5.74, 6) is -1.13. The van der Waals surface area contributed by atoms with Crippen molar-refractivity contribution in [1.29, 1.82) is 0 Å². The molecule has 0 bridgehead atoms. The van der Waals surface area contributed by atoms with Crippen LogP contribution in [-0.2, 0) is 28.9 Å². The number of amides is 1. The Labute approximate surface area is 164 Å². The first-order chi connectivity index (χ1) is 13.0. The topological polar surface area (TPSA) is 103 Å². The molecule has 0 saturated heterocycles. The fourth-order valence-corrected chi connectivity index (χ4v) is 4.43. The van der Waals surface area contributed by atoms with Crippen LogP contribution in [0.4, 0.5) is 5.13 Å². The van der Waals surface area contributed by atoms with Crippen molar-refractivity contribution in [2.24, 2.45) is 0 Å². The Morgan fingerprint density at radius 3 is 2.85 bits per heavy atom. The van der Waals surface area contributed by atoms with Gasteiger partial charge in [0.2, 0.25) is 5.91 Å². The molecule has 2 aromatic heterocycles. The van der Waals surface area contributed by atoms with Gasteiger partial charge in [-0.15, -0.1) is 11.3 Å². The molecule has 1 aliphatic rings. The van der Waals surface area contributed by atoms with E-state index in [0.717, 1.165) is 31.4 Å². The van der Waals surface area contributed by atoms with Crippen LogP contribution < -0.4 is 10.9 Å². The predicted octanol–water partition coefficient (Wildman–Crippen LogP) is 2.12. The number of nitrogens with zero attached hydrogens (tertiary/aromatic N) is 3. The Hall–Kier alpha value is -2.20. The minimum atomic E-state index is -0.746. The highest BCUT2D eigenvalue weighted by atomic mass is 32.2. The molecule has 0 aliphatic heterocycles. The lowest BCUT2D eigenvalue weighted by Crippen LogP contribution is -2.33. The Kier molecular flexibility index (Phi) is 6.27. The number of aryl methyl sites for hydroxylation is 2. The quantitative estimate of drug-likeness (QED) is 0.444. The molecule has 27 heavy (non-hydrogen) atoms. The lowest BCUT2D eigenvalue weighted by atomic mass is 10.0. The fraction of sp³-hybridized carbons (Fsp3) is 0.471. The second-order valence-corrected chi connectivity index (χ2v) is 7.77. The summed E-state index contributed by atoms with van der Waals surface area (Å²) >= 11 is 2.70. The van der Waals surface area contributed by atoms with Crippen molar-refractivity contribution in [3.8, 4) is 0 Å². The summed E-state index contributed by atoms with van der Waals surface area (Å²) in [7, 11) is 0. The summed E-state index contributed by atoms with van der Waals surface area (Å²) in [6, 6.07) is 0. The number of thiazole rings is 1. The van der Waals surface area contributed by atoms with E-state index >= 15 is 0 Å². The summed E-state index contributed by atoms with van der Waals surface area (Å²) in [4.78, 5) is 46.8. The number of nitrogens with one attached hydrogen (secondary N) is 1. The molecular weight excluding hydrogens is 388 g/mol. The summed E-state index contributed by atoms with van der Waals surface area (Å²) in [5.41, 5.74) is 0.267. The number of fused-ring (bicyclic) bond motifs is 1. The van der Waals surface area contributed by atoms with E-state index in [2.05, 4.69) is 15.3 Å². The van der Waals surface area contributed by atoms with Crippen LogP contribution in [0.1, 0.15) is 40.7 Å². The highest BCUT2D eigenvalue weighted by molar-refractivity contribution is 7.98. The lowest BCUT2D eigenvalue weighted by molar-refractivity contribution is -0.116. The maximum atomic E-state index is 12.6. The summed E-state index contributed by atoms with van der Waals surface area (Å²) in [6.45, 7) is 1.55. The number of aromatic nitrogens is 3.